The van der Waals surface area contributed by atoms with Crippen molar-refractivity contribution in [2.75, 3.05) is 6.61 Å². The summed E-state index contributed by atoms with van der Waals surface area (Å²) < 4.78 is 5.52. The van der Waals surface area contributed by atoms with Gasteiger partial charge in [0.15, 0.2) is 0 Å². The number of rotatable bonds is 8. The lowest BCUT2D eigenvalue weighted by Crippen LogP contribution is -2.32. The highest BCUT2D eigenvalue weighted by molar-refractivity contribution is 5.78. The van der Waals surface area contributed by atoms with Gasteiger partial charge in [0.25, 0.3) is 0 Å². The van der Waals surface area contributed by atoms with E-state index in [2.05, 4.69) is 24.3 Å². The van der Waals surface area contributed by atoms with Crippen molar-refractivity contribution in [1.82, 2.24) is 0 Å². The summed E-state index contributed by atoms with van der Waals surface area (Å²) in [4.78, 5) is 11.9. The Hall–Kier alpha value is -1.15. The van der Waals surface area contributed by atoms with E-state index in [4.69, 9.17) is 4.74 Å². The number of carbonyl (C=O) groups excluding carboxylic acids is 1. The number of ether oxygens (including phenoxy) is 1. The van der Waals surface area contributed by atoms with Crippen LogP contribution in [0.25, 0.3) is 0 Å². The molecule has 0 N–H and O–H groups in total. The van der Waals surface area contributed by atoms with Crippen LogP contribution in [0.2, 0.25) is 0 Å². The van der Waals surface area contributed by atoms with Gasteiger partial charge in [-0.2, -0.15) is 0 Å². The highest BCUT2D eigenvalue weighted by atomic mass is 16.5. The van der Waals surface area contributed by atoms with Crippen LogP contribution in [0.15, 0.2) is 30.3 Å². The molecule has 1 saturated carbocycles. The monoisotopic (exact) mass is 260 g/mol. The van der Waals surface area contributed by atoms with Gasteiger partial charge in [0.2, 0.25) is 0 Å². The molecule has 1 aromatic rings. The van der Waals surface area contributed by atoms with Gasteiger partial charge in [-0.25, -0.2) is 0 Å². The lowest BCUT2D eigenvalue weighted by molar-refractivity contribution is -0.122. The first-order chi connectivity index (χ1) is 9.28. The van der Waals surface area contributed by atoms with Gasteiger partial charge in [-0.15, -0.1) is 0 Å². The maximum Gasteiger partial charge on any atom is 0.133 e. The Morgan fingerprint density at radius 3 is 2.68 bits per heavy atom. The largest absolute Gasteiger partial charge is 0.378 e. The zero-order valence-corrected chi connectivity index (χ0v) is 11.8. The van der Waals surface area contributed by atoms with Crippen molar-refractivity contribution < 1.29 is 9.53 Å². The fourth-order valence-corrected chi connectivity index (χ4v) is 2.77. The summed E-state index contributed by atoms with van der Waals surface area (Å²) in [6.07, 6.45) is 6.06. The van der Waals surface area contributed by atoms with Gasteiger partial charge >= 0.3 is 0 Å². The van der Waals surface area contributed by atoms with E-state index in [1.165, 1.54) is 5.56 Å². The first-order valence-electron chi connectivity index (χ1n) is 7.45. The van der Waals surface area contributed by atoms with E-state index in [0.717, 1.165) is 45.1 Å². The van der Waals surface area contributed by atoms with Crippen molar-refractivity contribution in [3.05, 3.63) is 35.9 Å². The van der Waals surface area contributed by atoms with Crippen molar-refractivity contribution in [3.8, 4) is 0 Å². The third kappa shape index (κ3) is 4.79. The second-order valence-corrected chi connectivity index (χ2v) is 5.50. The smallest absolute Gasteiger partial charge is 0.133 e. The van der Waals surface area contributed by atoms with E-state index in [1.54, 1.807) is 0 Å². The molecule has 0 atom stereocenters. The van der Waals surface area contributed by atoms with E-state index in [-0.39, 0.29) is 0 Å². The van der Waals surface area contributed by atoms with Gasteiger partial charge in [0.1, 0.15) is 5.78 Å². The average molecular weight is 260 g/mol. The minimum atomic E-state index is 0.423. The Kier molecular flexibility index (Phi) is 5.59. The van der Waals surface area contributed by atoms with Gasteiger partial charge in [-0.1, -0.05) is 30.3 Å². The molecule has 1 aromatic carbocycles. The van der Waals surface area contributed by atoms with Crippen LogP contribution in [0.3, 0.4) is 0 Å². The van der Waals surface area contributed by atoms with E-state index >= 15 is 0 Å². The average Bonchev–Trinajstić information content (AvgIpc) is 2.37. The fourth-order valence-electron chi connectivity index (χ4n) is 2.77. The first-order valence-corrected chi connectivity index (χ1v) is 7.45. The summed E-state index contributed by atoms with van der Waals surface area (Å²) in [5.74, 6) is 1.01. The van der Waals surface area contributed by atoms with Crippen LogP contribution in [0.4, 0.5) is 0 Å². The second-order valence-electron chi connectivity index (χ2n) is 5.50. The molecule has 1 fully saturated rings. The SMILES string of the molecule is CCOC1CC(CC(=O)CCCc2ccccc2)C1. The van der Waals surface area contributed by atoms with E-state index in [9.17, 15) is 4.79 Å². The molecule has 19 heavy (non-hydrogen) atoms. The van der Waals surface area contributed by atoms with Gasteiger partial charge in [0.05, 0.1) is 6.10 Å². The van der Waals surface area contributed by atoms with Crippen LogP contribution in [0.1, 0.15) is 44.6 Å². The predicted octanol–water partition coefficient (Wildman–Crippen LogP) is 3.78. The minimum Gasteiger partial charge on any atom is -0.378 e. The molecule has 2 rings (SSSR count). The Bertz CT molecular complexity index is 380. The highest BCUT2D eigenvalue weighted by Gasteiger charge is 2.30. The lowest BCUT2D eigenvalue weighted by Gasteiger charge is -2.34. The van der Waals surface area contributed by atoms with Crippen LogP contribution < -0.4 is 0 Å². The summed E-state index contributed by atoms with van der Waals surface area (Å²) in [6.45, 7) is 2.82. The molecule has 1 aliphatic carbocycles. The minimum absolute atomic E-state index is 0.423. The summed E-state index contributed by atoms with van der Waals surface area (Å²) in [5, 5.41) is 0. The second kappa shape index (κ2) is 7.44. The van der Waals surface area contributed by atoms with Crippen molar-refractivity contribution in [1.29, 1.82) is 0 Å². The number of hydrogen-bond donors (Lipinski definition) is 0. The molecule has 0 heterocycles. The van der Waals surface area contributed by atoms with Crippen molar-refractivity contribution in [2.24, 2.45) is 5.92 Å². The van der Waals surface area contributed by atoms with Gasteiger partial charge < -0.3 is 4.74 Å². The number of ketones is 1. The molecule has 0 amide bonds. The standard InChI is InChI=1S/C17H24O2/c1-2-19-17-12-15(13-17)11-16(18)10-6-9-14-7-4-3-5-8-14/h3-5,7-8,15,17H,2,6,9-13H2,1H3. The molecule has 104 valence electrons. The Balaban J connectivity index is 1.56. The van der Waals surface area contributed by atoms with Gasteiger partial charge in [-0.3, -0.25) is 4.79 Å². The maximum atomic E-state index is 11.9. The van der Waals surface area contributed by atoms with Crippen LogP contribution >= 0.6 is 0 Å². The number of carbonyl (C=O) groups is 1. The van der Waals surface area contributed by atoms with Gasteiger partial charge in [0, 0.05) is 19.4 Å². The maximum absolute atomic E-state index is 11.9. The molecule has 0 bridgehead atoms. The van der Waals surface area contributed by atoms with E-state index in [0.29, 0.717) is 17.8 Å². The predicted molar refractivity (Wildman–Crippen MR) is 77.1 cm³/mol. The van der Waals surface area contributed by atoms with Gasteiger partial charge in [-0.05, 0) is 44.1 Å². The number of hydrogen-bond acceptors (Lipinski definition) is 2. The van der Waals surface area contributed by atoms with E-state index < -0.39 is 0 Å². The quantitative estimate of drug-likeness (QED) is 0.711. The molecule has 0 aromatic heterocycles. The number of benzene rings is 1. The van der Waals surface area contributed by atoms with Crippen LogP contribution in [0.5, 0.6) is 0 Å². The van der Waals surface area contributed by atoms with Crippen molar-refractivity contribution >= 4 is 5.78 Å². The third-order valence-corrected chi connectivity index (χ3v) is 3.88. The molecule has 0 radical (unpaired) electrons. The zero-order valence-electron chi connectivity index (χ0n) is 11.8. The summed E-state index contributed by atoms with van der Waals surface area (Å²) in [7, 11) is 0. The Labute approximate surface area is 116 Å². The molecule has 0 aliphatic heterocycles. The molecule has 2 heteroatoms. The summed E-state index contributed by atoms with van der Waals surface area (Å²) >= 11 is 0. The first kappa shape index (κ1) is 14.3. The summed E-state index contributed by atoms with van der Waals surface area (Å²) in [5.41, 5.74) is 1.33. The third-order valence-electron chi connectivity index (χ3n) is 3.88. The topological polar surface area (TPSA) is 26.3 Å². The van der Waals surface area contributed by atoms with Crippen LogP contribution in [-0.4, -0.2) is 18.5 Å². The zero-order chi connectivity index (χ0) is 13.5. The Morgan fingerprint density at radius 1 is 1.26 bits per heavy atom. The molecule has 0 unspecified atom stereocenters. The molecule has 1 aliphatic rings. The molecular weight excluding hydrogens is 236 g/mol. The number of aryl methyl sites for hydroxylation is 1. The normalized spacial score (nSPS) is 21.9. The molecule has 2 nitrogen and oxygen atoms in total. The number of Topliss-reactive ketones (excluding diaryl/α,β-unsaturated/α-hetero) is 1. The molecular formula is C17H24O2. The molecule has 0 saturated heterocycles. The molecule has 0 spiro atoms. The summed E-state index contributed by atoms with van der Waals surface area (Å²) in [6, 6.07) is 10.4. The van der Waals surface area contributed by atoms with Crippen LogP contribution in [0, 0.1) is 5.92 Å². The Morgan fingerprint density at radius 2 is 2.00 bits per heavy atom. The fraction of sp³-hybridized carbons (Fsp3) is 0.588. The van der Waals surface area contributed by atoms with Crippen molar-refractivity contribution in [3.63, 3.8) is 0 Å². The highest BCUT2D eigenvalue weighted by Crippen LogP contribution is 2.33. The van der Waals surface area contributed by atoms with Crippen molar-refractivity contribution in [2.45, 2.75) is 51.6 Å². The lowest BCUT2D eigenvalue weighted by atomic mass is 9.78. The van der Waals surface area contributed by atoms with Crippen LogP contribution in [-0.2, 0) is 16.0 Å². The van der Waals surface area contributed by atoms with E-state index in [1.807, 2.05) is 13.0 Å².